The van der Waals surface area contributed by atoms with Crippen molar-refractivity contribution in [1.82, 2.24) is 5.32 Å². The minimum atomic E-state index is 0.0498. The van der Waals surface area contributed by atoms with Crippen LogP contribution in [0.25, 0.3) is 0 Å². The molecule has 1 heterocycles. The second kappa shape index (κ2) is 7.09. The Kier molecular flexibility index (Phi) is 4.68. The Bertz CT molecular complexity index is 732. The summed E-state index contributed by atoms with van der Waals surface area (Å²) in [6.45, 7) is 10.1. The molecule has 0 aromatic rings. The molecular formula is C27H41NO2. The van der Waals surface area contributed by atoms with E-state index in [0.29, 0.717) is 23.3 Å². The predicted molar refractivity (Wildman–Crippen MR) is 119 cm³/mol. The number of ether oxygens (including phenoxy) is 1. The number of rotatable bonds is 4. The summed E-state index contributed by atoms with van der Waals surface area (Å²) in [5, 5.41) is 3.89. The zero-order chi connectivity index (χ0) is 20.6. The molecular weight excluding hydrogens is 370 g/mol. The van der Waals surface area contributed by atoms with Crippen LogP contribution in [0.1, 0.15) is 78.1 Å². The van der Waals surface area contributed by atoms with Gasteiger partial charge in [0.1, 0.15) is 6.10 Å². The summed E-state index contributed by atoms with van der Waals surface area (Å²) in [6, 6.07) is 0.534. The van der Waals surface area contributed by atoms with E-state index in [1.807, 2.05) is 0 Å². The maximum atomic E-state index is 12.9. The lowest BCUT2D eigenvalue weighted by atomic mass is 9.55. The van der Waals surface area contributed by atoms with Crippen LogP contribution in [-0.2, 0) is 9.53 Å². The van der Waals surface area contributed by atoms with Crippen LogP contribution >= 0.6 is 0 Å². The van der Waals surface area contributed by atoms with Crippen molar-refractivity contribution in [2.24, 2.45) is 52.8 Å². The van der Waals surface area contributed by atoms with E-state index in [0.717, 1.165) is 49.0 Å². The summed E-state index contributed by atoms with van der Waals surface area (Å²) in [4.78, 5) is 12.9. The minimum Gasteiger partial charge on any atom is -0.462 e. The Balaban J connectivity index is 1.13. The van der Waals surface area contributed by atoms with Gasteiger partial charge >= 0.3 is 5.97 Å². The maximum Gasteiger partial charge on any atom is 0.310 e. The normalized spacial score (nSPS) is 52.7. The molecule has 0 spiro atoms. The Morgan fingerprint density at radius 3 is 2.83 bits per heavy atom. The first-order chi connectivity index (χ1) is 14.4. The number of esters is 1. The Labute approximate surface area is 182 Å². The molecule has 166 valence electrons. The van der Waals surface area contributed by atoms with E-state index in [4.69, 9.17) is 4.74 Å². The van der Waals surface area contributed by atoms with Gasteiger partial charge in [-0.25, -0.2) is 0 Å². The molecule has 0 aromatic carbocycles. The van der Waals surface area contributed by atoms with Crippen molar-refractivity contribution < 1.29 is 9.53 Å². The maximum absolute atomic E-state index is 12.9. The van der Waals surface area contributed by atoms with Crippen LogP contribution in [0.15, 0.2) is 12.2 Å². The van der Waals surface area contributed by atoms with Gasteiger partial charge in [-0.3, -0.25) is 4.79 Å². The van der Waals surface area contributed by atoms with Gasteiger partial charge in [0.05, 0.1) is 5.92 Å². The molecule has 5 saturated carbocycles. The average molecular weight is 412 g/mol. The molecule has 0 radical (unpaired) electrons. The number of carbonyl (C=O) groups excluding carboxylic acids is 1. The summed E-state index contributed by atoms with van der Waals surface area (Å²) >= 11 is 0. The molecule has 0 aromatic heterocycles. The van der Waals surface area contributed by atoms with Crippen LogP contribution in [0.2, 0.25) is 0 Å². The van der Waals surface area contributed by atoms with E-state index < -0.39 is 0 Å². The molecule has 1 aliphatic heterocycles. The van der Waals surface area contributed by atoms with Crippen molar-refractivity contribution in [3.63, 3.8) is 0 Å². The largest absolute Gasteiger partial charge is 0.462 e. The van der Waals surface area contributed by atoms with Crippen molar-refractivity contribution in [2.75, 3.05) is 6.54 Å². The van der Waals surface area contributed by atoms with Gasteiger partial charge in [0.2, 0.25) is 0 Å². The Morgan fingerprint density at radius 2 is 1.97 bits per heavy atom. The van der Waals surface area contributed by atoms with Crippen molar-refractivity contribution >= 4 is 5.97 Å². The van der Waals surface area contributed by atoms with E-state index in [1.54, 1.807) is 0 Å². The molecule has 8 unspecified atom stereocenters. The number of fused-ring (bicyclic) bond motifs is 4. The lowest BCUT2D eigenvalue weighted by molar-refractivity contribution is -0.146. The summed E-state index contributed by atoms with van der Waals surface area (Å²) in [5.74, 6) is 5.85. The van der Waals surface area contributed by atoms with Gasteiger partial charge in [0.25, 0.3) is 0 Å². The summed E-state index contributed by atoms with van der Waals surface area (Å²) < 4.78 is 5.99. The van der Waals surface area contributed by atoms with Crippen LogP contribution in [0.5, 0.6) is 0 Å². The molecule has 5 aliphatic carbocycles. The third-order valence-electron chi connectivity index (χ3n) is 11.0. The monoisotopic (exact) mass is 411 g/mol. The fourth-order valence-corrected chi connectivity index (χ4v) is 9.66. The van der Waals surface area contributed by atoms with Gasteiger partial charge in [0.15, 0.2) is 0 Å². The van der Waals surface area contributed by atoms with E-state index in [9.17, 15) is 4.79 Å². The summed E-state index contributed by atoms with van der Waals surface area (Å²) in [6.07, 6.45) is 13.4. The van der Waals surface area contributed by atoms with E-state index in [-0.39, 0.29) is 18.0 Å². The van der Waals surface area contributed by atoms with Gasteiger partial charge in [-0.2, -0.15) is 0 Å². The van der Waals surface area contributed by atoms with Crippen molar-refractivity contribution in [1.29, 1.82) is 0 Å². The number of hydrogen-bond donors (Lipinski definition) is 1. The van der Waals surface area contributed by atoms with E-state index in [1.165, 1.54) is 56.9 Å². The molecule has 11 atom stereocenters. The van der Waals surface area contributed by atoms with Gasteiger partial charge in [-0.05, 0) is 112 Å². The van der Waals surface area contributed by atoms with Crippen molar-refractivity contribution in [3.05, 3.63) is 12.2 Å². The number of hydrogen-bond acceptors (Lipinski definition) is 3. The van der Waals surface area contributed by atoms with Gasteiger partial charge in [-0.1, -0.05) is 19.1 Å². The van der Waals surface area contributed by atoms with Gasteiger partial charge in [-0.15, -0.1) is 0 Å². The first-order valence-corrected chi connectivity index (χ1v) is 13.0. The standard InChI is InChI=1S/C27H41NO2/c1-15-5-4-8-27(3)13-24-21(12-23(15)27)22(26(29)30-24)14-28-16(2)25-19-7-6-18-9-17(10-19)11-20(18)25/h16-25,28H,1,4-14H2,2-3H3/t16?,17?,18?,19?,20?,21-,22?,23?,24-,25?,27-/m1/s1. The second-order valence-electron chi connectivity index (χ2n) is 12.5. The molecule has 30 heavy (non-hydrogen) atoms. The third-order valence-corrected chi connectivity index (χ3v) is 11.0. The highest BCUT2D eigenvalue weighted by atomic mass is 16.6. The van der Waals surface area contributed by atoms with Gasteiger partial charge < -0.3 is 10.1 Å². The molecule has 3 bridgehead atoms. The number of allylic oxidation sites excluding steroid dienone is 1. The smallest absolute Gasteiger partial charge is 0.310 e. The van der Waals surface area contributed by atoms with Crippen molar-refractivity contribution in [3.8, 4) is 0 Å². The minimum absolute atomic E-state index is 0.0498. The summed E-state index contributed by atoms with van der Waals surface area (Å²) in [5.41, 5.74) is 1.74. The molecule has 3 heteroatoms. The zero-order valence-electron chi connectivity index (χ0n) is 19.1. The Morgan fingerprint density at radius 1 is 1.17 bits per heavy atom. The lowest BCUT2D eigenvalue weighted by Gasteiger charge is -2.50. The number of nitrogens with one attached hydrogen (secondary N) is 1. The second-order valence-corrected chi connectivity index (χ2v) is 12.5. The molecule has 1 saturated heterocycles. The lowest BCUT2D eigenvalue weighted by Crippen LogP contribution is -2.49. The summed E-state index contributed by atoms with van der Waals surface area (Å²) in [7, 11) is 0. The van der Waals surface area contributed by atoms with Crippen molar-refractivity contribution in [2.45, 2.75) is 90.2 Å². The van der Waals surface area contributed by atoms with Crippen LogP contribution < -0.4 is 5.32 Å². The molecule has 6 aliphatic rings. The highest BCUT2D eigenvalue weighted by Crippen LogP contribution is 2.59. The predicted octanol–water partition coefficient (Wildman–Crippen LogP) is 5.35. The third kappa shape index (κ3) is 2.97. The van der Waals surface area contributed by atoms with Gasteiger partial charge in [0, 0.05) is 18.5 Å². The molecule has 3 nitrogen and oxygen atoms in total. The first-order valence-electron chi connectivity index (χ1n) is 13.0. The highest BCUT2D eigenvalue weighted by Gasteiger charge is 2.56. The van der Waals surface area contributed by atoms with Crippen LogP contribution in [0.4, 0.5) is 0 Å². The Hall–Kier alpha value is -0.830. The SMILES string of the molecule is C=C1CCC[C@]2(C)C[C@H]3OC(=O)C(CNC(C)C4C5CCC6CC(C5)CC64)[C@H]3CC12. The highest BCUT2D eigenvalue weighted by molar-refractivity contribution is 5.75. The quantitative estimate of drug-likeness (QED) is 0.500. The molecule has 6 rings (SSSR count). The fraction of sp³-hybridized carbons (Fsp3) is 0.889. The molecule has 0 amide bonds. The van der Waals surface area contributed by atoms with Crippen LogP contribution in [-0.4, -0.2) is 24.7 Å². The average Bonchev–Trinajstić information content (AvgIpc) is 3.10. The number of carbonyl (C=O) groups is 1. The molecule has 1 N–H and O–H groups in total. The van der Waals surface area contributed by atoms with Crippen LogP contribution in [0, 0.1) is 52.8 Å². The topological polar surface area (TPSA) is 38.3 Å². The van der Waals surface area contributed by atoms with Crippen LogP contribution in [0.3, 0.4) is 0 Å². The molecule has 6 fully saturated rings. The zero-order valence-corrected chi connectivity index (χ0v) is 19.1. The van der Waals surface area contributed by atoms with E-state index in [2.05, 4.69) is 25.7 Å². The first kappa shape index (κ1) is 19.8. The van der Waals surface area contributed by atoms with E-state index >= 15 is 0 Å². The fourth-order valence-electron chi connectivity index (χ4n) is 9.66.